The number of Topliss-reactive ketones (excluding diaryl/α,β-unsaturated/α-hetero) is 1. The lowest BCUT2D eigenvalue weighted by Crippen LogP contribution is -2.51. The fraction of sp³-hybridized carbons (Fsp3) is 0.588. The standard InChI is InChI=1S/C17H20BrNO2/c18-13-6-11-4-5-21-17(11)12(7-13)10-19-14-2-1-3-15(19)9-16(20)8-14/h6-7,14-15H,1-5,8-10H2. The van der Waals surface area contributed by atoms with Crippen LogP contribution in [0.25, 0.3) is 0 Å². The van der Waals surface area contributed by atoms with Crippen LogP contribution in [0.2, 0.25) is 0 Å². The third-order valence-corrected chi connectivity index (χ3v) is 5.58. The van der Waals surface area contributed by atoms with Crippen molar-refractivity contribution in [3.05, 3.63) is 27.7 Å². The van der Waals surface area contributed by atoms with E-state index in [0.717, 1.165) is 42.6 Å². The van der Waals surface area contributed by atoms with Crippen molar-refractivity contribution in [2.45, 2.75) is 57.2 Å². The summed E-state index contributed by atoms with van der Waals surface area (Å²) in [5.74, 6) is 1.55. The van der Waals surface area contributed by atoms with E-state index in [4.69, 9.17) is 4.74 Å². The van der Waals surface area contributed by atoms with Gasteiger partial charge in [-0.15, -0.1) is 0 Å². The fourth-order valence-electron chi connectivity index (χ4n) is 4.18. The highest BCUT2D eigenvalue weighted by Crippen LogP contribution is 2.38. The second kappa shape index (κ2) is 5.40. The molecule has 2 bridgehead atoms. The van der Waals surface area contributed by atoms with E-state index in [1.165, 1.54) is 30.4 Å². The van der Waals surface area contributed by atoms with Gasteiger partial charge in [-0.1, -0.05) is 22.4 Å². The normalized spacial score (nSPS) is 28.3. The van der Waals surface area contributed by atoms with Gasteiger partial charge in [0.1, 0.15) is 11.5 Å². The SMILES string of the molecule is O=C1CC2CCCC(C1)N2Cc1cc(Br)cc2c1OCC2. The lowest BCUT2D eigenvalue weighted by Gasteiger charge is -2.45. The van der Waals surface area contributed by atoms with Gasteiger partial charge < -0.3 is 4.74 Å². The Morgan fingerprint density at radius 3 is 2.76 bits per heavy atom. The molecule has 2 saturated heterocycles. The van der Waals surface area contributed by atoms with Crippen molar-refractivity contribution in [1.29, 1.82) is 0 Å². The molecule has 2 fully saturated rings. The molecule has 21 heavy (non-hydrogen) atoms. The molecule has 0 spiro atoms. The highest BCUT2D eigenvalue weighted by molar-refractivity contribution is 9.10. The van der Waals surface area contributed by atoms with Crippen molar-refractivity contribution in [1.82, 2.24) is 4.90 Å². The third-order valence-electron chi connectivity index (χ3n) is 5.12. The number of carbonyl (C=O) groups is 1. The Labute approximate surface area is 133 Å². The number of fused-ring (bicyclic) bond motifs is 3. The van der Waals surface area contributed by atoms with Crippen LogP contribution in [0.3, 0.4) is 0 Å². The molecule has 4 heteroatoms. The maximum absolute atomic E-state index is 11.9. The summed E-state index contributed by atoms with van der Waals surface area (Å²) in [7, 11) is 0. The first-order chi connectivity index (χ1) is 10.2. The Morgan fingerprint density at radius 2 is 2.00 bits per heavy atom. The number of nitrogens with zero attached hydrogens (tertiary/aromatic N) is 1. The van der Waals surface area contributed by atoms with Gasteiger partial charge in [-0.25, -0.2) is 0 Å². The van der Waals surface area contributed by atoms with Crippen LogP contribution >= 0.6 is 15.9 Å². The van der Waals surface area contributed by atoms with E-state index >= 15 is 0 Å². The highest BCUT2D eigenvalue weighted by atomic mass is 79.9. The van der Waals surface area contributed by atoms with Crippen LogP contribution in [0.4, 0.5) is 0 Å². The van der Waals surface area contributed by atoms with Crippen LogP contribution in [-0.2, 0) is 17.8 Å². The predicted octanol–water partition coefficient (Wildman–Crippen LogP) is 3.47. The van der Waals surface area contributed by atoms with Crippen molar-refractivity contribution in [3.8, 4) is 5.75 Å². The minimum absolute atomic E-state index is 0.445. The van der Waals surface area contributed by atoms with E-state index in [2.05, 4.69) is 33.0 Å². The number of hydrogen-bond donors (Lipinski definition) is 0. The van der Waals surface area contributed by atoms with E-state index in [1.807, 2.05) is 0 Å². The Morgan fingerprint density at radius 1 is 1.24 bits per heavy atom. The van der Waals surface area contributed by atoms with Gasteiger partial charge in [-0.3, -0.25) is 9.69 Å². The maximum Gasteiger partial charge on any atom is 0.136 e. The summed E-state index contributed by atoms with van der Waals surface area (Å²) in [4.78, 5) is 14.4. The zero-order chi connectivity index (χ0) is 14.4. The zero-order valence-electron chi connectivity index (χ0n) is 12.1. The minimum atomic E-state index is 0.445. The summed E-state index contributed by atoms with van der Waals surface area (Å²) in [6, 6.07) is 5.25. The smallest absolute Gasteiger partial charge is 0.136 e. The lowest BCUT2D eigenvalue weighted by molar-refractivity contribution is -0.127. The number of carbonyl (C=O) groups excluding carboxylic acids is 1. The highest BCUT2D eigenvalue weighted by Gasteiger charge is 2.38. The Hall–Kier alpha value is -0.870. The minimum Gasteiger partial charge on any atom is -0.493 e. The van der Waals surface area contributed by atoms with Crippen LogP contribution in [0.15, 0.2) is 16.6 Å². The molecular weight excluding hydrogens is 330 g/mol. The van der Waals surface area contributed by atoms with Crippen LogP contribution < -0.4 is 4.74 Å². The Bertz CT molecular complexity index is 570. The van der Waals surface area contributed by atoms with Gasteiger partial charge in [0.15, 0.2) is 0 Å². The van der Waals surface area contributed by atoms with Gasteiger partial charge in [-0.05, 0) is 30.5 Å². The van der Waals surface area contributed by atoms with Gasteiger partial charge in [-0.2, -0.15) is 0 Å². The summed E-state index contributed by atoms with van der Waals surface area (Å²) in [6.07, 6.45) is 6.10. The molecule has 4 rings (SSSR count). The van der Waals surface area contributed by atoms with Crippen LogP contribution in [-0.4, -0.2) is 29.4 Å². The van der Waals surface area contributed by atoms with Crippen molar-refractivity contribution >= 4 is 21.7 Å². The van der Waals surface area contributed by atoms with Crippen molar-refractivity contribution < 1.29 is 9.53 Å². The summed E-state index contributed by atoms with van der Waals surface area (Å²) in [5, 5.41) is 0. The summed E-state index contributed by atoms with van der Waals surface area (Å²) >= 11 is 3.62. The van der Waals surface area contributed by atoms with Crippen molar-refractivity contribution in [2.24, 2.45) is 0 Å². The predicted molar refractivity (Wildman–Crippen MR) is 84.6 cm³/mol. The number of piperidine rings is 2. The summed E-state index contributed by atoms with van der Waals surface area (Å²) in [5.41, 5.74) is 2.60. The molecule has 1 aromatic rings. The molecule has 0 saturated carbocycles. The van der Waals surface area contributed by atoms with Crippen LogP contribution in [0, 0.1) is 0 Å². The molecule has 112 valence electrons. The molecule has 0 N–H and O–H groups in total. The van der Waals surface area contributed by atoms with Crippen LogP contribution in [0.5, 0.6) is 5.75 Å². The van der Waals surface area contributed by atoms with Gasteiger partial charge in [0.2, 0.25) is 0 Å². The molecule has 2 unspecified atom stereocenters. The van der Waals surface area contributed by atoms with Crippen molar-refractivity contribution in [3.63, 3.8) is 0 Å². The number of halogens is 1. The zero-order valence-corrected chi connectivity index (χ0v) is 13.7. The Balaban J connectivity index is 1.63. The Kier molecular flexibility index (Phi) is 3.54. The monoisotopic (exact) mass is 349 g/mol. The van der Waals surface area contributed by atoms with Gasteiger partial charge in [0.25, 0.3) is 0 Å². The second-order valence-corrected chi connectivity index (χ2v) is 7.43. The van der Waals surface area contributed by atoms with Gasteiger partial charge in [0.05, 0.1) is 6.61 Å². The summed E-state index contributed by atoms with van der Waals surface area (Å²) in [6.45, 7) is 1.72. The number of rotatable bonds is 2. The first-order valence-corrected chi connectivity index (χ1v) is 8.71. The van der Waals surface area contributed by atoms with E-state index in [9.17, 15) is 4.79 Å². The number of ketones is 1. The molecule has 0 aliphatic carbocycles. The molecule has 3 heterocycles. The molecule has 2 atom stereocenters. The summed E-state index contributed by atoms with van der Waals surface area (Å²) < 4.78 is 6.99. The quantitative estimate of drug-likeness (QED) is 0.818. The second-order valence-electron chi connectivity index (χ2n) is 6.51. The number of benzene rings is 1. The molecule has 1 aromatic carbocycles. The average molecular weight is 350 g/mol. The van der Waals surface area contributed by atoms with E-state index in [-0.39, 0.29) is 0 Å². The molecule has 3 nitrogen and oxygen atoms in total. The van der Waals surface area contributed by atoms with Gasteiger partial charge >= 0.3 is 0 Å². The topological polar surface area (TPSA) is 29.5 Å². The molecule has 0 amide bonds. The number of hydrogen-bond acceptors (Lipinski definition) is 3. The van der Waals surface area contributed by atoms with E-state index in [0.29, 0.717) is 17.9 Å². The van der Waals surface area contributed by atoms with E-state index < -0.39 is 0 Å². The number of ether oxygens (including phenoxy) is 1. The first kappa shape index (κ1) is 13.8. The third kappa shape index (κ3) is 2.53. The molecule has 0 radical (unpaired) electrons. The van der Waals surface area contributed by atoms with Crippen LogP contribution in [0.1, 0.15) is 43.2 Å². The van der Waals surface area contributed by atoms with E-state index in [1.54, 1.807) is 0 Å². The molecule has 3 aliphatic rings. The van der Waals surface area contributed by atoms with Crippen molar-refractivity contribution in [2.75, 3.05) is 6.61 Å². The largest absolute Gasteiger partial charge is 0.493 e. The maximum atomic E-state index is 11.9. The molecule has 3 aliphatic heterocycles. The average Bonchev–Trinajstić information content (AvgIpc) is 2.88. The first-order valence-electron chi connectivity index (χ1n) is 7.92. The molecule has 0 aromatic heterocycles. The fourth-order valence-corrected chi connectivity index (χ4v) is 4.74. The molecular formula is C17H20BrNO2. The van der Waals surface area contributed by atoms with Gasteiger partial charge in [0, 0.05) is 47.9 Å². The lowest BCUT2D eigenvalue weighted by atomic mass is 9.83.